The maximum atomic E-state index is 12.8. The van der Waals surface area contributed by atoms with Gasteiger partial charge in [0, 0.05) is 44.0 Å². The number of hydrogen-bond acceptors (Lipinski definition) is 14. The number of ketones is 2. The second-order valence-electron chi connectivity index (χ2n) is 12.8. The Morgan fingerprint density at radius 3 is 1.62 bits per heavy atom. The number of nitrogen functional groups attached to an aromatic ring is 2. The number of aromatic nitrogens is 4. The van der Waals surface area contributed by atoms with Crippen molar-refractivity contribution in [3.8, 4) is 11.5 Å². The molecule has 0 saturated carbocycles. The number of ether oxygens (including phenoxy) is 2. The number of piperidine rings is 2. The smallest absolute Gasteiger partial charge is 0.224 e. The zero-order valence-electron chi connectivity index (χ0n) is 30.4. The Hall–Kier alpha value is -5.83. The van der Waals surface area contributed by atoms with E-state index in [4.69, 9.17) is 20.9 Å². The number of rotatable bonds is 12. The maximum Gasteiger partial charge on any atom is 0.224 e. The van der Waals surface area contributed by atoms with Crippen LogP contribution >= 0.6 is 0 Å². The zero-order chi connectivity index (χ0) is 37.7. The van der Waals surface area contributed by atoms with E-state index in [0.717, 1.165) is 58.3 Å². The molecule has 2 aromatic heterocycles. The molecule has 2 fully saturated rings. The molecule has 6 rings (SSSR count). The lowest BCUT2D eigenvalue weighted by Gasteiger charge is -2.32. The molecule has 4 aromatic rings. The van der Waals surface area contributed by atoms with Gasteiger partial charge in [-0.1, -0.05) is 31.2 Å². The quantitative estimate of drug-likeness (QED) is 0.131. The van der Waals surface area contributed by atoms with Gasteiger partial charge in [-0.15, -0.1) is 0 Å². The molecule has 0 unspecified atom stereocenters. The van der Waals surface area contributed by atoms with Crippen LogP contribution in [0.2, 0.25) is 0 Å². The van der Waals surface area contributed by atoms with Gasteiger partial charge >= 0.3 is 0 Å². The molecule has 7 N–H and O–H groups in total. The van der Waals surface area contributed by atoms with Crippen molar-refractivity contribution in [2.45, 2.75) is 57.5 Å². The summed E-state index contributed by atoms with van der Waals surface area (Å²) in [6.07, 6.45) is 8.03. The minimum atomic E-state index is -0.283. The summed E-state index contributed by atoms with van der Waals surface area (Å²) in [5.41, 5.74) is 13.4. The van der Waals surface area contributed by atoms with Crippen molar-refractivity contribution in [2.24, 2.45) is 0 Å². The van der Waals surface area contributed by atoms with Crippen molar-refractivity contribution in [3.05, 3.63) is 83.2 Å². The van der Waals surface area contributed by atoms with Gasteiger partial charge in [-0.05, 0) is 69.5 Å². The molecular formula is C38H48N10O5. The molecule has 280 valence electrons. The molecule has 15 heteroatoms. The number of likely N-dealkylation sites (tertiary alicyclic amines) is 1. The first-order chi connectivity index (χ1) is 25.7. The first kappa shape index (κ1) is 38.4. The van der Waals surface area contributed by atoms with E-state index >= 15 is 0 Å². The van der Waals surface area contributed by atoms with Crippen LogP contribution in [0.1, 0.15) is 77.3 Å². The van der Waals surface area contributed by atoms with Gasteiger partial charge in [0.1, 0.15) is 23.1 Å². The highest BCUT2D eigenvalue weighted by Gasteiger charge is 2.24. The van der Waals surface area contributed by atoms with E-state index in [-0.39, 0.29) is 46.3 Å². The van der Waals surface area contributed by atoms with E-state index in [2.05, 4.69) is 35.9 Å². The summed E-state index contributed by atoms with van der Waals surface area (Å²) in [4.78, 5) is 56.4. The Balaban J connectivity index is 0.000000208. The van der Waals surface area contributed by atoms with Crippen LogP contribution in [0, 0.1) is 0 Å². The number of nitrogens with two attached hydrogens (primary N) is 2. The van der Waals surface area contributed by atoms with E-state index in [1.807, 2.05) is 17.9 Å². The molecule has 53 heavy (non-hydrogen) atoms. The van der Waals surface area contributed by atoms with Crippen LogP contribution in [0.15, 0.2) is 60.9 Å². The average molecular weight is 725 g/mol. The highest BCUT2D eigenvalue weighted by atomic mass is 16.5. The number of anilines is 4. The molecule has 0 atom stereocenters. The number of nitrogens with one attached hydrogen (secondary N) is 3. The van der Waals surface area contributed by atoms with Gasteiger partial charge in [0.15, 0.2) is 0 Å². The summed E-state index contributed by atoms with van der Waals surface area (Å²) in [5, 5.41) is 9.84. The van der Waals surface area contributed by atoms with Gasteiger partial charge in [0.05, 0.1) is 36.5 Å². The lowest BCUT2D eigenvalue weighted by atomic mass is 10.0. The SMILES string of the molecule is CCCC(=O)N1CCC(Nc2ncc(C(=O)c3ccccc3OC)c(N)n2)CC1.COc1ccccc1C(=O)c1cnc(NC2CCNCC2)nc1N. The topological polar surface area (TPSA) is 213 Å². The highest BCUT2D eigenvalue weighted by Crippen LogP contribution is 2.25. The van der Waals surface area contributed by atoms with Gasteiger partial charge in [0.2, 0.25) is 29.4 Å². The minimum absolute atomic E-state index is 0.119. The van der Waals surface area contributed by atoms with Crippen LogP contribution in [0.3, 0.4) is 0 Å². The average Bonchev–Trinajstić information content (AvgIpc) is 3.18. The molecule has 2 aromatic carbocycles. The third-order valence-corrected chi connectivity index (χ3v) is 9.15. The predicted octanol–water partition coefficient (Wildman–Crippen LogP) is 3.96. The Morgan fingerprint density at radius 1 is 0.736 bits per heavy atom. The van der Waals surface area contributed by atoms with Crippen molar-refractivity contribution in [2.75, 3.05) is 62.5 Å². The van der Waals surface area contributed by atoms with Gasteiger partial charge in [0.25, 0.3) is 0 Å². The Morgan fingerprint density at radius 2 is 1.19 bits per heavy atom. The number of methoxy groups -OCH3 is 2. The molecule has 4 heterocycles. The lowest BCUT2D eigenvalue weighted by molar-refractivity contribution is -0.132. The van der Waals surface area contributed by atoms with Crippen LogP contribution in [0.25, 0.3) is 0 Å². The molecule has 0 spiro atoms. The molecule has 2 saturated heterocycles. The molecular weight excluding hydrogens is 676 g/mol. The normalized spacial score (nSPS) is 14.7. The minimum Gasteiger partial charge on any atom is -0.496 e. The summed E-state index contributed by atoms with van der Waals surface area (Å²) < 4.78 is 10.5. The second-order valence-corrected chi connectivity index (χ2v) is 12.8. The molecule has 1 amide bonds. The highest BCUT2D eigenvalue weighted by molar-refractivity contribution is 6.13. The van der Waals surface area contributed by atoms with Crippen LogP contribution in [-0.2, 0) is 4.79 Å². The molecule has 2 aliphatic heterocycles. The maximum absolute atomic E-state index is 12.8. The fourth-order valence-electron chi connectivity index (χ4n) is 6.21. The van der Waals surface area contributed by atoms with Crippen LogP contribution in [0.4, 0.5) is 23.5 Å². The van der Waals surface area contributed by atoms with Crippen LogP contribution in [0.5, 0.6) is 11.5 Å². The number of hydrogen-bond donors (Lipinski definition) is 5. The van der Waals surface area contributed by atoms with Crippen LogP contribution in [-0.4, -0.2) is 94.8 Å². The van der Waals surface area contributed by atoms with Crippen molar-refractivity contribution < 1.29 is 23.9 Å². The lowest BCUT2D eigenvalue weighted by Crippen LogP contribution is -2.42. The van der Waals surface area contributed by atoms with Gasteiger partial charge in [-0.25, -0.2) is 9.97 Å². The standard InChI is InChI=1S/C21H27N5O3.C17H21N5O2/c1-3-6-18(27)26-11-9-14(10-12-26)24-21-23-13-16(20(22)25-21)19(28)15-7-4-5-8-17(15)29-2;1-24-14-5-3-2-4-12(14)15(23)13-10-20-17(22-16(13)18)21-11-6-8-19-9-7-11/h4-5,7-8,13-14H,3,6,9-12H2,1-2H3,(H3,22,23,24,25);2-5,10-11,19H,6-9H2,1H3,(H3,18,20,21,22). The van der Waals surface area contributed by atoms with Crippen molar-refractivity contribution in [1.82, 2.24) is 30.2 Å². The van der Waals surface area contributed by atoms with Crippen LogP contribution < -0.4 is 36.9 Å². The molecule has 2 aliphatic rings. The fraction of sp³-hybridized carbons (Fsp3) is 0.395. The molecule has 0 aliphatic carbocycles. The summed E-state index contributed by atoms with van der Waals surface area (Å²) in [7, 11) is 3.04. The summed E-state index contributed by atoms with van der Waals surface area (Å²) >= 11 is 0. The molecule has 15 nitrogen and oxygen atoms in total. The Labute approximate surface area is 309 Å². The van der Waals surface area contributed by atoms with Gasteiger partial charge in [-0.2, -0.15) is 9.97 Å². The first-order valence-electron chi connectivity index (χ1n) is 17.8. The van der Waals surface area contributed by atoms with Gasteiger partial charge in [-0.3, -0.25) is 14.4 Å². The monoisotopic (exact) mass is 724 g/mol. The van der Waals surface area contributed by atoms with E-state index in [1.54, 1.807) is 42.5 Å². The Bertz CT molecular complexity index is 1880. The first-order valence-corrected chi connectivity index (χ1v) is 17.8. The fourth-order valence-corrected chi connectivity index (χ4v) is 6.21. The summed E-state index contributed by atoms with van der Waals surface area (Å²) in [5.74, 6) is 1.78. The predicted molar refractivity (Wildman–Crippen MR) is 203 cm³/mol. The van der Waals surface area contributed by atoms with E-state index in [9.17, 15) is 14.4 Å². The molecule has 0 bridgehead atoms. The van der Waals surface area contributed by atoms with E-state index in [1.165, 1.54) is 26.6 Å². The zero-order valence-corrected chi connectivity index (χ0v) is 30.4. The van der Waals surface area contributed by atoms with Crippen molar-refractivity contribution >= 4 is 41.0 Å². The number of carbonyl (C=O) groups is 3. The number of para-hydroxylation sites is 2. The number of nitrogens with zero attached hydrogens (tertiary/aromatic N) is 5. The summed E-state index contributed by atoms with van der Waals surface area (Å²) in [6, 6.07) is 14.5. The van der Waals surface area contributed by atoms with E-state index in [0.29, 0.717) is 47.0 Å². The van der Waals surface area contributed by atoms with E-state index < -0.39 is 0 Å². The summed E-state index contributed by atoms with van der Waals surface area (Å²) in [6.45, 7) is 5.39. The van der Waals surface area contributed by atoms with Crippen molar-refractivity contribution in [3.63, 3.8) is 0 Å². The second kappa shape index (κ2) is 18.6. The number of carbonyl (C=O) groups excluding carboxylic acids is 3. The number of amides is 1. The van der Waals surface area contributed by atoms with Crippen molar-refractivity contribution in [1.29, 1.82) is 0 Å². The third-order valence-electron chi connectivity index (χ3n) is 9.15. The third kappa shape index (κ3) is 9.95. The molecule has 0 radical (unpaired) electrons. The largest absolute Gasteiger partial charge is 0.496 e. The van der Waals surface area contributed by atoms with Gasteiger partial charge < -0.3 is 41.8 Å². The Kier molecular flexibility index (Phi) is 13.5. The number of benzene rings is 2.